The van der Waals surface area contributed by atoms with E-state index in [1.54, 1.807) is 41.9 Å². The zero-order valence-corrected chi connectivity index (χ0v) is 19.5. The smallest absolute Gasteiger partial charge is 0.255 e. The molecular formula is C27H26N2O4S. The van der Waals surface area contributed by atoms with E-state index in [4.69, 9.17) is 9.15 Å². The van der Waals surface area contributed by atoms with Gasteiger partial charge in [-0.05, 0) is 72.3 Å². The van der Waals surface area contributed by atoms with Crippen molar-refractivity contribution in [2.24, 2.45) is 0 Å². The molecule has 0 fully saturated rings. The van der Waals surface area contributed by atoms with Crippen molar-refractivity contribution in [3.8, 4) is 0 Å². The summed E-state index contributed by atoms with van der Waals surface area (Å²) in [5.41, 5.74) is 2.68. The molecule has 2 amide bonds. The van der Waals surface area contributed by atoms with Crippen LogP contribution >= 0.6 is 11.3 Å². The molecule has 2 N–H and O–H groups in total. The molecule has 4 rings (SSSR count). The highest BCUT2D eigenvalue weighted by Gasteiger charge is 2.09. The number of thiophene rings is 1. The Labute approximate surface area is 202 Å². The van der Waals surface area contributed by atoms with Crippen molar-refractivity contribution in [3.63, 3.8) is 0 Å². The minimum absolute atomic E-state index is 0.0589. The van der Waals surface area contributed by atoms with Gasteiger partial charge < -0.3 is 19.8 Å². The predicted octanol–water partition coefficient (Wildman–Crippen LogP) is 6.27. The van der Waals surface area contributed by atoms with Crippen LogP contribution in [0.1, 0.15) is 39.4 Å². The first-order valence-electron chi connectivity index (χ1n) is 11.1. The quantitative estimate of drug-likeness (QED) is 0.268. The Kier molecular flexibility index (Phi) is 8.27. The summed E-state index contributed by atoms with van der Waals surface area (Å²) in [4.78, 5) is 26.3. The number of benzene rings is 2. The van der Waals surface area contributed by atoms with Crippen molar-refractivity contribution in [2.75, 3.05) is 10.6 Å². The van der Waals surface area contributed by atoms with Crippen LogP contribution in [0.4, 0.5) is 11.4 Å². The molecule has 0 saturated heterocycles. The van der Waals surface area contributed by atoms with Crippen LogP contribution in [0.25, 0.3) is 0 Å². The van der Waals surface area contributed by atoms with Crippen LogP contribution in [-0.4, -0.2) is 11.8 Å². The number of anilines is 2. The van der Waals surface area contributed by atoms with E-state index in [1.165, 1.54) is 4.88 Å². The van der Waals surface area contributed by atoms with E-state index in [2.05, 4.69) is 16.7 Å². The summed E-state index contributed by atoms with van der Waals surface area (Å²) in [7, 11) is 0. The normalized spacial score (nSPS) is 10.7. The topological polar surface area (TPSA) is 80.6 Å². The van der Waals surface area contributed by atoms with Crippen LogP contribution in [0.15, 0.2) is 88.9 Å². The van der Waals surface area contributed by atoms with Gasteiger partial charge in [-0.3, -0.25) is 9.59 Å². The van der Waals surface area contributed by atoms with Crippen molar-refractivity contribution < 1.29 is 18.7 Å². The van der Waals surface area contributed by atoms with Gasteiger partial charge in [0.1, 0.15) is 12.4 Å². The maximum Gasteiger partial charge on any atom is 0.255 e. The van der Waals surface area contributed by atoms with Crippen molar-refractivity contribution in [3.05, 3.63) is 106 Å². The number of hydrogen-bond acceptors (Lipinski definition) is 5. The van der Waals surface area contributed by atoms with Crippen LogP contribution in [-0.2, 0) is 29.2 Å². The van der Waals surface area contributed by atoms with E-state index in [0.29, 0.717) is 36.6 Å². The Morgan fingerprint density at radius 3 is 2.53 bits per heavy atom. The Bertz CT molecular complexity index is 1200. The van der Waals surface area contributed by atoms with E-state index >= 15 is 0 Å². The molecule has 0 bridgehead atoms. The lowest BCUT2D eigenvalue weighted by molar-refractivity contribution is -0.116. The average Bonchev–Trinajstić information content (AvgIpc) is 3.54. The maximum atomic E-state index is 12.8. The first-order chi connectivity index (χ1) is 16.7. The molecular weight excluding hydrogens is 448 g/mol. The number of nitrogens with one attached hydrogen (secondary N) is 2. The lowest BCUT2D eigenvalue weighted by Gasteiger charge is -2.10. The fourth-order valence-electron chi connectivity index (χ4n) is 3.45. The molecule has 0 aliphatic carbocycles. The molecule has 0 spiro atoms. The van der Waals surface area contributed by atoms with Crippen molar-refractivity contribution in [1.82, 2.24) is 0 Å². The number of ether oxygens (including phenoxy) is 1. The Balaban J connectivity index is 1.27. The van der Waals surface area contributed by atoms with Gasteiger partial charge >= 0.3 is 0 Å². The van der Waals surface area contributed by atoms with Crippen LogP contribution in [0, 0.1) is 0 Å². The Morgan fingerprint density at radius 2 is 1.74 bits per heavy atom. The van der Waals surface area contributed by atoms with E-state index in [1.807, 2.05) is 47.8 Å². The molecule has 0 aliphatic heterocycles. The van der Waals surface area contributed by atoms with Crippen LogP contribution < -0.4 is 10.6 Å². The van der Waals surface area contributed by atoms with Gasteiger partial charge in [-0.1, -0.05) is 24.3 Å². The molecule has 0 atom stereocenters. The van der Waals surface area contributed by atoms with Gasteiger partial charge in [0.2, 0.25) is 5.91 Å². The number of carbonyl (C=O) groups is 2. The molecule has 4 aromatic rings. The highest BCUT2D eigenvalue weighted by molar-refractivity contribution is 7.09. The number of amides is 2. The molecule has 0 aliphatic rings. The number of hydrogen-bond donors (Lipinski definition) is 2. The molecule has 2 aromatic carbocycles. The molecule has 174 valence electrons. The average molecular weight is 475 g/mol. The van der Waals surface area contributed by atoms with Crippen LogP contribution in [0.3, 0.4) is 0 Å². The van der Waals surface area contributed by atoms with E-state index < -0.39 is 0 Å². The number of carbonyl (C=O) groups excluding carboxylic acids is 2. The number of furan rings is 1. The van der Waals surface area contributed by atoms with Gasteiger partial charge in [-0.25, -0.2) is 0 Å². The molecule has 34 heavy (non-hydrogen) atoms. The molecule has 7 heteroatoms. The van der Waals surface area contributed by atoms with Crippen molar-refractivity contribution >= 4 is 34.5 Å². The SMILES string of the molecule is O=C(CCCc1cccs1)Nc1cccc(C(=O)Nc2cccc(COCc3ccco3)c2)c1. The maximum absolute atomic E-state index is 12.8. The second kappa shape index (κ2) is 12.0. The summed E-state index contributed by atoms with van der Waals surface area (Å²) in [6, 6.07) is 22.2. The standard InChI is InChI=1S/C27H26N2O4S/c30-26(13-3-11-25-12-5-15-34-25)28-23-9-2-7-21(17-23)27(31)29-22-8-1-6-20(16-22)18-32-19-24-10-4-14-33-24/h1-2,4-10,12,14-17H,3,11,13,18-19H2,(H,28,30)(H,29,31). The fraction of sp³-hybridized carbons (Fsp3) is 0.185. The lowest BCUT2D eigenvalue weighted by atomic mass is 10.1. The molecule has 2 aromatic heterocycles. The molecule has 0 unspecified atom stereocenters. The molecule has 0 radical (unpaired) electrons. The largest absolute Gasteiger partial charge is 0.467 e. The van der Waals surface area contributed by atoms with Crippen molar-refractivity contribution in [1.29, 1.82) is 0 Å². The second-order valence-corrected chi connectivity index (χ2v) is 8.82. The predicted molar refractivity (Wildman–Crippen MR) is 134 cm³/mol. The van der Waals surface area contributed by atoms with Gasteiger partial charge in [-0.2, -0.15) is 0 Å². The van der Waals surface area contributed by atoms with Gasteiger partial charge in [0.15, 0.2) is 0 Å². The van der Waals surface area contributed by atoms with Crippen LogP contribution in [0.5, 0.6) is 0 Å². The number of rotatable bonds is 11. The third-order valence-corrected chi connectivity index (χ3v) is 6.03. The summed E-state index contributed by atoms with van der Waals surface area (Å²) < 4.78 is 10.9. The zero-order valence-electron chi connectivity index (χ0n) is 18.7. The highest BCUT2D eigenvalue weighted by atomic mass is 32.1. The third-order valence-electron chi connectivity index (χ3n) is 5.09. The summed E-state index contributed by atoms with van der Waals surface area (Å²) in [6.07, 6.45) is 3.72. The van der Waals surface area contributed by atoms with Gasteiger partial charge in [-0.15, -0.1) is 11.3 Å². The monoisotopic (exact) mass is 474 g/mol. The number of aryl methyl sites for hydroxylation is 1. The highest BCUT2D eigenvalue weighted by Crippen LogP contribution is 2.17. The fourth-order valence-corrected chi connectivity index (χ4v) is 4.20. The van der Waals surface area contributed by atoms with Gasteiger partial charge in [0, 0.05) is 28.2 Å². The minimum atomic E-state index is -0.248. The van der Waals surface area contributed by atoms with E-state index in [0.717, 1.165) is 24.2 Å². The van der Waals surface area contributed by atoms with Crippen LogP contribution in [0.2, 0.25) is 0 Å². The Hall–Kier alpha value is -3.68. The molecule has 0 saturated carbocycles. The molecule has 2 heterocycles. The van der Waals surface area contributed by atoms with Crippen molar-refractivity contribution in [2.45, 2.75) is 32.5 Å². The zero-order chi connectivity index (χ0) is 23.6. The van der Waals surface area contributed by atoms with Gasteiger partial charge in [0.05, 0.1) is 12.9 Å². The lowest BCUT2D eigenvalue weighted by Crippen LogP contribution is -2.14. The first-order valence-corrected chi connectivity index (χ1v) is 12.0. The summed E-state index contributed by atoms with van der Waals surface area (Å²) >= 11 is 1.70. The Morgan fingerprint density at radius 1 is 0.882 bits per heavy atom. The van der Waals surface area contributed by atoms with Gasteiger partial charge in [0.25, 0.3) is 5.91 Å². The summed E-state index contributed by atoms with van der Waals surface area (Å²) in [5.74, 6) is 0.456. The first kappa shape index (κ1) is 23.5. The third kappa shape index (κ3) is 7.16. The molecule has 6 nitrogen and oxygen atoms in total. The minimum Gasteiger partial charge on any atom is -0.467 e. The van der Waals surface area contributed by atoms with E-state index in [-0.39, 0.29) is 11.8 Å². The second-order valence-electron chi connectivity index (χ2n) is 7.79. The van der Waals surface area contributed by atoms with E-state index in [9.17, 15) is 9.59 Å². The summed E-state index contributed by atoms with van der Waals surface area (Å²) in [6.45, 7) is 0.786. The summed E-state index contributed by atoms with van der Waals surface area (Å²) in [5, 5.41) is 7.83.